The number of benzene rings is 3. The fourth-order valence-electron chi connectivity index (χ4n) is 4.96. The van der Waals surface area contributed by atoms with E-state index in [0.717, 1.165) is 38.9 Å². The number of fused-ring (bicyclic) bond motifs is 1. The number of ether oxygens (including phenoxy) is 2. The zero-order valence-electron chi connectivity index (χ0n) is 23.3. The topological polar surface area (TPSA) is 98.2 Å². The molecule has 0 radical (unpaired) electrons. The third kappa shape index (κ3) is 5.95. The zero-order chi connectivity index (χ0) is 28.1. The number of methoxy groups -OCH3 is 2. The summed E-state index contributed by atoms with van der Waals surface area (Å²) in [6, 6.07) is 23.8. The first kappa shape index (κ1) is 27.2. The number of aryl methyl sites for hydroxylation is 2. The highest BCUT2D eigenvalue weighted by Crippen LogP contribution is 2.31. The SMILES string of the molecule is COCCn1nnnc1[C@H](c1cc2cc(C)c(C)cc2[nH]c1=O)N(Cc1ccccc1)Cc1ccc(OC)cc1. The lowest BCUT2D eigenvalue weighted by Gasteiger charge is -2.31. The van der Waals surface area contributed by atoms with Crippen molar-refractivity contribution in [2.24, 2.45) is 0 Å². The van der Waals surface area contributed by atoms with Gasteiger partial charge in [0.05, 0.1) is 20.3 Å². The Hall–Kier alpha value is -4.34. The van der Waals surface area contributed by atoms with Gasteiger partial charge in [0.2, 0.25) is 0 Å². The number of aromatic amines is 1. The molecule has 0 bridgehead atoms. The van der Waals surface area contributed by atoms with Gasteiger partial charge in [-0.25, -0.2) is 4.68 Å². The summed E-state index contributed by atoms with van der Waals surface area (Å²) in [6.45, 7) is 6.14. The van der Waals surface area contributed by atoms with Crippen molar-refractivity contribution < 1.29 is 9.47 Å². The van der Waals surface area contributed by atoms with Gasteiger partial charge >= 0.3 is 0 Å². The molecule has 1 N–H and O–H groups in total. The van der Waals surface area contributed by atoms with Crippen LogP contribution in [0.15, 0.2) is 77.6 Å². The number of hydrogen-bond donors (Lipinski definition) is 1. The van der Waals surface area contributed by atoms with Crippen molar-refractivity contribution in [3.63, 3.8) is 0 Å². The molecule has 2 heterocycles. The first-order valence-corrected chi connectivity index (χ1v) is 13.3. The van der Waals surface area contributed by atoms with E-state index in [-0.39, 0.29) is 5.56 Å². The van der Waals surface area contributed by atoms with Gasteiger partial charge in [0.15, 0.2) is 5.82 Å². The summed E-state index contributed by atoms with van der Waals surface area (Å²) in [4.78, 5) is 19.2. The summed E-state index contributed by atoms with van der Waals surface area (Å²) in [5.41, 5.74) is 5.68. The van der Waals surface area contributed by atoms with Crippen LogP contribution in [-0.2, 0) is 24.4 Å². The van der Waals surface area contributed by atoms with Crippen LogP contribution in [0.3, 0.4) is 0 Å². The third-order valence-electron chi connectivity index (χ3n) is 7.23. The van der Waals surface area contributed by atoms with Crippen LogP contribution in [0.4, 0.5) is 0 Å². The average Bonchev–Trinajstić information content (AvgIpc) is 3.42. The molecule has 0 unspecified atom stereocenters. The number of pyridine rings is 1. The number of nitrogens with one attached hydrogen (secondary N) is 1. The second kappa shape index (κ2) is 12.2. The van der Waals surface area contributed by atoms with Gasteiger partial charge in [0, 0.05) is 31.3 Å². The highest BCUT2D eigenvalue weighted by Gasteiger charge is 2.31. The quantitative estimate of drug-likeness (QED) is 0.263. The number of nitrogens with zero attached hydrogens (tertiary/aromatic N) is 5. The Morgan fingerprint density at radius 3 is 2.33 bits per heavy atom. The molecule has 0 spiro atoms. The van der Waals surface area contributed by atoms with Gasteiger partial charge in [-0.3, -0.25) is 9.69 Å². The molecule has 40 heavy (non-hydrogen) atoms. The van der Waals surface area contributed by atoms with E-state index in [4.69, 9.17) is 9.47 Å². The predicted molar refractivity (Wildman–Crippen MR) is 154 cm³/mol. The van der Waals surface area contributed by atoms with Crippen molar-refractivity contribution in [2.45, 2.75) is 39.5 Å². The molecular formula is C31H34N6O3. The summed E-state index contributed by atoms with van der Waals surface area (Å²) < 4.78 is 12.4. The first-order valence-electron chi connectivity index (χ1n) is 13.3. The average molecular weight is 539 g/mol. The Balaban J connectivity index is 1.68. The third-order valence-corrected chi connectivity index (χ3v) is 7.23. The van der Waals surface area contributed by atoms with Crippen molar-refractivity contribution in [1.29, 1.82) is 0 Å². The van der Waals surface area contributed by atoms with Gasteiger partial charge in [0.1, 0.15) is 11.8 Å². The van der Waals surface area contributed by atoms with Crippen molar-refractivity contribution in [3.05, 3.63) is 117 Å². The van der Waals surface area contributed by atoms with E-state index in [1.54, 1.807) is 18.9 Å². The Kier molecular flexibility index (Phi) is 8.33. The molecule has 206 valence electrons. The minimum atomic E-state index is -0.538. The van der Waals surface area contributed by atoms with Crippen LogP contribution in [0.5, 0.6) is 5.75 Å². The molecule has 0 amide bonds. The van der Waals surface area contributed by atoms with Gasteiger partial charge in [-0.05, 0) is 82.2 Å². The van der Waals surface area contributed by atoms with E-state index in [1.165, 1.54) is 0 Å². The highest BCUT2D eigenvalue weighted by atomic mass is 16.5. The molecule has 2 aromatic heterocycles. The highest BCUT2D eigenvalue weighted by molar-refractivity contribution is 5.81. The van der Waals surface area contributed by atoms with E-state index in [1.807, 2.05) is 61.5 Å². The molecular weight excluding hydrogens is 504 g/mol. The molecule has 0 fully saturated rings. The molecule has 9 nitrogen and oxygen atoms in total. The molecule has 0 aliphatic carbocycles. The second-order valence-electron chi connectivity index (χ2n) is 9.97. The standard InChI is InChI=1S/C31H34N6O3/c1-21-16-25-18-27(31(38)32-28(25)17-22(21)2)29(30-33-34-35-37(30)14-15-39-3)36(19-23-8-6-5-7-9-23)20-24-10-12-26(40-4)13-11-24/h5-13,16-18,29H,14-15,19-20H2,1-4H3,(H,32,38)/t29-/m0/s1. The molecule has 0 aliphatic heterocycles. The molecule has 0 saturated carbocycles. The number of hydrogen-bond acceptors (Lipinski definition) is 7. The Labute approximate surface area is 233 Å². The first-order chi connectivity index (χ1) is 19.5. The van der Waals surface area contributed by atoms with Crippen LogP contribution in [0.1, 0.15) is 39.7 Å². The molecule has 3 aromatic carbocycles. The summed E-state index contributed by atoms with van der Waals surface area (Å²) in [5.74, 6) is 1.37. The number of rotatable bonds is 11. The summed E-state index contributed by atoms with van der Waals surface area (Å²) in [6.07, 6.45) is 0. The predicted octanol–water partition coefficient (Wildman–Crippen LogP) is 4.58. The maximum absolute atomic E-state index is 13.8. The van der Waals surface area contributed by atoms with Gasteiger partial charge in [-0.15, -0.1) is 5.10 Å². The molecule has 9 heteroatoms. The lowest BCUT2D eigenvalue weighted by Crippen LogP contribution is -2.35. The van der Waals surface area contributed by atoms with E-state index < -0.39 is 6.04 Å². The number of tetrazole rings is 1. The Bertz CT molecular complexity index is 1630. The fraction of sp³-hybridized carbons (Fsp3) is 0.290. The molecule has 0 saturated heterocycles. The summed E-state index contributed by atoms with van der Waals surface area (Å²) in [7, 11) is 3.30. The maximum atomic E-state index is 13.8. The fourth-order valence-corrected chi connectivity index (χ4v) is 4.96. The van der Waals surface area contributed by atoms with Gasteiger partial charge in [0.25, 0.3) is 5.56 Å². The summed E-state index contributed by atoms with van der Waals surface area (Å²) >= 11 is 0. The second-order valence-corrected chi connectivity index (χ2v) is 9.97. The van der Waals surface area contributed by atoms with Crippen LogP contribution in [0.2, 0.25) is 0 Å². The smallest absolute Gasteiger partial charge is 0.253 e. The lowest BCUT2D eigenvalue weighted by atomic mass is 9.99. The Morgan fingerprint density at radius 1 is 0.925 bits per heavy atom. The largest absolute Gasteiger partial charge is 0.497 e. The van der Waals surface area contributed by atoms with Crippen LogP contribution < -0.4 is 10.3 Å². The molecule has 0 aliphatic rings. The van der Waals surface area contributed by atoms with E-state index in [2.05, 4.69) is 50.5 Å². The van der Waals surface area contributed by atoms with Crippen molar-refractivity contribution in [3.8, 4) is 5.75 Å². The zero-order valence-corrected chi connectivity index (χ0v) is 23.3. The van der Waals surface area contributed by atoms with Crippen LogP contribution >= 0.6 is 0 Å². The van der Waals surface area contributed by atoms with E-state index in [0.29, 0.717) is 37.6 Å². The number of aromatic nitrogens is 5. The minimum absolute atomic E-state index is 0.171. The van der Waals surface area contributed by atoms with Crippen molar-refractivity contribution in [2.75, 3.05) is 20.8 Å². The summed E-state index contributed by atoms with van der Waals surface area (Å²) in [5, 5.41) is 13.7. The maximum Gasteiger partial charge on any atom is 0.253 e. The van der Waals surface area contributed by atoms with E-state index >= 15 is 0 Å². The van der Waals surface area contributed by atoms with Crippen molar-refractivity contribution in [1.82, 2.24) is 30.1 Å². The molecule has 1 atom stereocenters. The number of H-pyrrole nitrogens is 1. The lowest BCUT2D eigenvalue weighted by molar-refractivity contribution is 0.169. The van der Waals surface area contributed by atoms with Crippen LogP contribution in [0.25, 0.3) is 10.9 Å². The van der Waals surface area contributed by atoms with E-state index in [9.17, 15) is 4.79 Å². The molecule has 5 rings (SSSR count). The van der Waals surface area contributed by atoms with Crippen LogP contribution in [0, 0.1) is 13.8 Å². The molecule has 5 aromatic rings. The van der Waals surface area contributed by atoms with Crippen molar-refractivity contribution >= 4 is 10.9 Å². The van der Waals surface area contributed by atoms with Crippen LogP contribution in [-0.4, -0.2) is 50.9 Å². The monoisotopic (exact) mass is 538 g/mol. The van der Waals surface area contributed by atoms with Gasteiger partial charge < -0.3 is 14.5 Å². The van der Waals surface area contributed by atoms with Gasteiger partial charge in [-0.1, -0.05) is 42.5 Å². The van der Waals surface area contributed by atoms with Gasteiger partial charge in [-0.2, -0.15) is 0 Å². The minimum Gasteiger partial charge on any atom is -0.497 e. The Morgan fingerprint density at radius 2 is 1.62 bits per heavy atom. The normalized spacial score (nSPS) is 12.2.